The first-order valence-electron chi connectivity index (χ1n) is 7.00. The number of hydrogen-bond acceptors (Lipinski definition) is 3. The highest BCUT2D eigenvalue weighted by molar-refractivity contribution is 5.86. The molecule has 1 amide bonds. The molecule has 0 aliphatic heterocycles. The highest BCUT2D eigenvalue weighted by atomic mass is 16.5. The predicted octanol–water partition coefficient (Wildman–Crippen LogP) is 0.157. The molecule has 116 valence electrons. The Bertz CT molecular complexity index is 435. The van der Waals surface area contributed by atoms with Gasteiger partial charge in [-0.1, -0.05) is 30.3 Å². The van der Waals surface area contributed by atoms with E-state index in [-0.39, 0.29) is 12.5 Å². The van der Waals surface area contributed by atoms with Gasteiger partial charge >= 0.3 is 0 Å². The molecule has 3 N–H and O–H groups in total. The van der Waals surface area contributed by atoms with Crippen LogP contribution in [0.2, 0.25) is 0 Å². The third-order valence-electron chi connectivity index (χ3n) is 2.82. The first-order chi connectivity index (χ1) is 10.3. The van der Waals surface area contributed by atoms with E-state index < -0.39 is 0 Å². The smallest absolute Gasteiger partial charge is 0.239 e. The Labute approximate surface area is 126 Å². The van der Waals surface area contributed by atoms with Crippen LogP contribution in [0.1, 0.15) is 5.56 Å². The predicted molar refractivity (Wildman–Crippen MR) is 84.4 cm³/mol. The summed E-state index contributed by atoms with van der Waals surface area (Å²) in [7, 11) is 3.28. The number of carbonyl (C=O) groups excluding carboxylic acids is 1. The summed E-state index contributed by atoms with van der Waals surface area (Å²) in [6.07, 6.45) is 0.904. The van der Waals surface area contributed by atoms with Crippen LogP contribution >= 0.6 is 0 Å². The lowest BCUT2D eigenvalue weighted by Crippen LogP contribution is -2.44. The van der Waals surface area contributed by atoms with Crippen LogP contribution in [-0.2, 0) is 16.0 Å². The zero-order valence-electron chi connectivity index (χ0n) is 12.7. The highest BCUT2D eigenvalue weighted by Crippen LogP contribution is 1.97. The zero-order chi connectivity index (χ0) is 15.3. The molecule has 0 aromatic heterocycles. The summed E-state index contributed by atoms with van der Waals surface area (Å²) in [5, 5.41) is 8.88. The van der Waals surface area contributed by atoms with Gasteiger partial charge in [0.15, 0.2) is 5.96 Å². The second-order valence-electron chi connectivity index (χ2n) is 4.43. The minimum atomic E-state index is -0.0851. The van der Waals surface area contributed by atoms with Crippen molar-refractivity contribution in [1.82, 2.24) is 16.0 Å². The summed E-state index contributed by atoms with van der Waals surface area (Å²) in [6, 6.07) is 10.2. The molecule has 6 nitrogen and oxygen atoms in total. The van der Waals surface area contributed by atoms with Crippen molar-refractivity contribution in [1.29, 1.82) is 0 Å². The van der Waals surface area contributed by atoms with Crippen LogP contribution in [0.3, 0.4) is 0 Å². The maximum Gasteiger partial charge on any atom is 0.239 e. The van der Waals surface area contributed by atoms with E-state index >= 15 is 0 Å². The van der Waals surface area contributed by atoms with Crippen molar-refractivity contribution in [3.05, 3.63) is 35.9 Å². The molecule has 0 atom stereocenters. The van der Waals surface area contributed by atoms with Gasteiger partial charge in [0.2, 0.25) is 5.91 Å². The summed E-state index contributed by atoms with van der Waals surface area (Å²) in [5.41, 5.74) is 1.26. The molecular weight excluding hydrogens is 268 g/mol. The molecule has 0 heterocycles. The number of nitrogens with one attached hydrogen (secondary N) is 3. The number of hydrogen-bond donors (Lipinski definition) is 3. The van der Waals surface area contributed by atoms with Gasteiger partial charge in [-0.25, -0.2) is 0 Å². The van der Waals surface area contributed by atoms with Crippen molar-refractivity contribution < 1.29 is 9.53 Å². The molecule has 0 aliphatic carbocycles. The average Bonchev–Trinajstić information content (AvgIpc) is 2.52. The summed E-state index contributed by atoms with van der Waals surface area (Å²) >= 11 is 0. The fourth-order valence-corrected chi connectivity index (χ4v) is 1.71. The van der Waals surface area contributed by atoms with Crippen LogP contribution in [0.25, 0.3) is 0 Å². The second kappa shape index (κ2) is 10.7. The molecule has 1 aromatic rings. The van der Waals surface area contributed by atoms with E-state index in [9.17, 15) is 4.79 Å². The molecule has 0 fully saturated rings. The topological polar surface area (TPSA) is 74.8 Å². The van der Waals surface area contributed by atoms with Gasteiger partial charge < -0.3 is 20.7 Å². The molecule has 0 aliphatic rings. The Morgan fingerprint density at radius 3 is 2.57 bits per heavy atom. The van der Waals surface area contributed by atoms with Gasteiger partial charge in [0.25, 0.3) is 0 Å². The Balaban J connectivity index is 2.18. The lowest BCUT2D eigenvalue weighted by Gasteiger charge is -2.12. The average molecular weight is 292 g/mol. The molecule has 6 heteroatoms. The number of nitrogens with zero attached hydrogens (tertiary/aromatic N) is 1. The zero-order valence-corrected chi connectivity index (χ0v) is 12.7. The Hall–Kier alpha value is -2.08. The van der Waals surface area contributed by atoms with Crippen LogP contribution in [0.4, 0.5) is 0 Å². The van der Waals surface area contributed by atoms with Gasteiger partial charge in [0.1, 0.15) is 0 Å². The second-order valence-corrected chi connectivity index (χ2v) is 4.43. The van der Waals surface area contributed by atoms with E-state index in [2.05, 4.69) is 33.1 Å². The van der Waals surface area contributed by atoms with Gasteiger partial charge in [-0.05, 0) is 12.0 Å². The largest absolute Gasteiger partial charge is 0.383 e. The number of carbonyl (C=O) groups is 1. The van der Waals surface area contributed by atoms with Gasteiger partial charge in [-0.2, -0.15) is 0 Å². The maximum atomic E-state index is 11.5. The van der Waals surface area contributed by atoms with Gasteiger partial charge in [0.05, 0.1) is 13.2 Å². The van der Waals surface area contributed by atoms with Crippen molar-refractivity contribution in [3.8, 4) is 0 Å². The maximum absolute atomic E-state index is 11.5. The minimum Gasteiger partial charge on any atom is -0.383 e. The van der Waals surface area contributed by atoms with Crippen molar-refractivity contribution in [3.63, 3.8) is 0 Å². The van der Waals surface area contributed by atoms with Crippen molar-refractivity contribution in [2.24, 2.45) is 4.99 Å². The molecule has 1 rings (SSSR count). The molecule has 0 spiro atoms. The third kappa shape index (κ3) is 7.94. The van der Waals surface area contributed by atoms with E-state index in [4.69, 9.17) is 4.74 Å². The minimum absolute atomic E-state index is 0.0851. The van der Waals surface area contributed by atoms with Gasteiger partial charge in [-0.15, -0.1) is 0 Å². The van der Waals surface area contributed by atoms with E-state index in [1.807, 2.05) is 18.2 Å². The first kappa shape index (κ1) is 17.0. The third-order valence-corrected chi connectivity index (χ3v) is 2.82. The van der Waals surface area contributed by atoms with Crippen molar-refractivity contribution in [2.75, 3.05) is 40.4 Å². The number of aliphatic imine (C=N–C) groups is 1. The summed E-state index contributed by atoms with van der Waals surface area (Å²) in [4.78, 5) is 15.6. The molecule has 1 aromatic carbocycles. The number of amides is 1. The quantitative estimate of drug-likeness (QED) is 0.362. The van der Waals surface area contributed by atoms with Crippen LogP contribution < -0.4 is 16.0 Å². The monoisotopic (exact) mass is 292 g/mol. The molecule has 0 radical (unpaired) electrons. The summed E-state index contributed by atoms with van der Waals surface area (Å²) < 4.78 is 4.86. The molecular formula is C15H24N4O2. The molecule has 0 saturated heterocycles. The molecule has 0 bridgehead atoms. The highest BCUT2D eigenvalue weighted by Gasteiger charge is 2.02. The number of rotatable bonds is 8. The number of ether oxygens (including phenoxy) is 1. The fourth-order valence-electron chi connectivity index (χ4n) is 1.71. The molecule has 0 unspecified atom stereocenters. The van der Waals surface area contributed by atoms with Gasteiger partial charge in [-0.3, -0.25) is 9.79 Å². The van der Waals surface area contributed by atoms with Crippen LogP contribution in [0.5, 0.6) is 0 Å². The van der Waals surface area contributed by atoms with Gasteiger partial charge in [0, 0.05) is 27.2 Å². The molecule has 0 saturated carbocycles. The Kier molecular flexibility index (Phi) is 8.63. The van der Waals surface area contributed by atoms with E-state index in [1.54, 1.807) is 14.2 Å². The Morgan fingerprint density at radius 1 is 1.14 bits per heavy atom. The van der Waals surface area contributed by atoms with E-state index in [0.29, 0.717) is 19.1 Å². The van der Waals surface area contributed by atoms with E-state index in [1.165, 1.54) is 5.56 Å². The number of benzene rings is 1. The SMILES string of the molecule is CN=C(NCCc1ccccc1)NCC(=O)NCCOC. The fraction of sp³-hybridized carbons (Fsp3) is 0.467. The number of guanidine groups is 1. The Morgan fingerprint density at radius 2 is 1.90 bits per heavy atom. The van der Waals surface area contributed by atoms with Crippen LogP contribution in [0, 0.1) is 0 Å². The van der Waals surface area contributed by atoms with Crippen LogP contribution in [-0.4, -0.2) is 52.3 Å². The lowest BCUT2D eigenvalue weighted by atomic mass is 10.1. The first-order valence-corrected chi connectivity index (χ1v) is 7.00. The van der Waals surface area contributed by atoms with E-state index in [0.717, 1.165) is 13.0 Å². The molecule has 21 heavy (non-hydrogen) atoms. The lowest BCUT2D eigenvalue weighted by molar-refractivity contribution is -0.120. The van der Waals surface area contributed by atoms with Crippen LogP contribution in [0.15, 0.2) is 35.3 Å². The normalized spacial score (nSPS) is 11.0. The summed E-state index contributed by atoms with van der Waals surface area (Å²) in [6.45, 7) is 1.97. The standard InChI is InChI=1S/C15H24N4O2/c1-16-15(19-12-14(20)17-10-11-21-2)18-9-8-13-6-4-3-5-7-13/h3-7H,8-12H2,1-2H3,(H,17,20)(H2,16,18,19). The number of methoxy groups -OCH3 is 1. The van der Waals surface area contributed by atoms with Crippen molar-refractivity contribution in [2.45, 2.75) is 6.42 Å². The summed E-state index contributed by atoms with van der Waals surface area (Å²) in [5.74, 6) is 0.533. The van der Waals surface area contributed by atoms with Crippen molar-refractivity contribution >= 4 is 11.9 Å².